The van der Waals surface area contributed by atoms with Crippen LogP contribution >= 0.6 is 11.8 Å². The summed E-state index contributed by atoms with van der Waals surface area (Å²) in [6, 6.07) is 15.6. The van der Waals surface area contributed by atoms with E-state index in [2.05, 4.69) is 6.07 Å². The van der Waals surface area contributed by atoms with E-state index < -0.39 is 29.5 Å². The van der Waals surface area contributed by atoms with Crippen LogP contribution in [0.5, 0.6) is 0 Å². The van der Waals surface area contributed by atoms with Crippen molar-refractivity contribution in [2.24, 2.45) is 5.92 Å². The molecule has 0 aliphatic carbocycles. The molecule has 1 amide bonds. The Balaban J connectivity index is 1.60. The second-order valence-electron chi connectivity index (χ2n) is 10.6. The number of carbonyl (C=O) groups is 1. The molecule has 5 rings (SSSR count). The van der Waals surface area contributed by atoms with Gasteiger partial charge in [0.1, 0.15) is 11.5 Å². The molecule has 43 heavy (non-hydrogen) atoms. The average molecular weight is 609 g/mol. The molecule has 4 aromatic rings. The number of aromatic nitrogens is 2. The number of halogens is 4. The summed E-state index contributed by atoms with van der Waals surface area (Å²) in [6.45, 7) is 2.09. The number of hydrogen-bond acceptors (Lipinski definition) is 5. The van der Waals surface area contributed by atoms with Gasteiger partial charge < -0.3 is 4.90 Å². The minimum atomic E-state index is -4.90. The van der Waals surface area contributed by atoms with Crippen LogP contribution in [0.1, 0.15) is 48.2 Å². The van der Waals surface area contributed by atoms with Crippen LogP contribution in [0.2, 0.25) is 0 Å². The number of nitriles is 1. The van der Waals surface area contributed by atoms with Crippen molar-refractivity contribution in [2.75, 3.05) is 18.1 Å². The first-order chi connectivity index (χ1) is 20.6. The van der Waals surface area contributed by atoms with Crippen LogP contribution < -0.4 is 5.56 Å². The first-order valence-electron chi connectivity index (χ1n) is 13.8. The highest BCUT2D eigenvalue weighted by molar-refractivity contribution is 7.99. The molecule has 0 N–H and O–H groups in total. The van der Waals surface area contributed by atoms with Crippen molar-refractivity contribution in [1.82, 2.24) is 14.3 Å². The molecule has 1 fully saturated rings. The summed E-state index contributed by atoms with van der Waals surface area (Å²) in [7, 11) is 0. The lowest BCUT2D eigenvalue weighted by atomic mass is 9.96. The molecular weight excluding hydrogens is 580 g/mol. The van der Waals surface area contributed by atoms with Crippen LogP contribution in [0.15, 0.2) is 71.7 Å². The van der Waals surface area contributed by atoms with Gasteiger partial charge in [0.25, 0.3) is 5.56 Å². The first kappa shape index (κ1) is 30.3. The van der Waals surface area contributed by atoms with Gasteiger partial charge in [-0.05, 0) is 84.7 Å². The lowest BCUT2D eigenvalue weighted by molar-refractivity contribution is -0.140. The fourth-order valence-electron chi connectivity index (χ4n) is 5.40. The highest BCUT2D eigenvalue weighted by Gasteiger charge is 2.35. The van der Waals surface area contributed by atoms with Crippen molar-refractivity contribution in [3.63, 3.8) is 0 Å². The summed E-state index contributed by atoms with van der Waals surface area (Å²) in [4.78, 5) is 34.2. The molecule has 1 saturated heterocycles. The fraction of sp³-hybridized carbons (Fsp3) is 0.312. The molecule has 0 radical (unpaired) electrons. The Morgan fingerprint density at radius 2 is 1.86 bits per heavy atom. The molecule has 0 bridgehead atoms. The van der Waals surface area contributed by atoms with Crippen molar-refractivity contribution in [3.05, 3.63) is 105 Å². The van der Waals surface area contributed by atoms with Crippen molar-refractivity contribution in [3.8, 4) is 17.2 Å². The molecule has 1 aliphatic heterocycles. The van der Waals surface area contributed by atoms with E-state index in [-0.39, 0.29) is 29.0 Å². The third-order valence-electron chi connectivity index (χ3n) is 7.74. The van der Waals surface area contributed by atoms with E-state index >= 15 is 0 Å². The maximum absolute atomic E-state index is 14.0. The fourth-order valence-corrected chi connectivity index (χ4v) is 6.60. The molecule has 3 heterocycles. The van der Waals surface area contributed by atoms with Crippen molar-refractivity contribution >= 4 is 23.3 Å². The number of thioether (sulfide) groups is 1. The third-order valence-corrected chi connectivity index (χ3v) is 8.78. The van der Waals surface area contributed by atoms with E-state index in [9.17, 15) is 32.4 Å². The molecule has 2 aromatic heterocycles. The van der Waals surface area contributed by atoms with Crippen molar-refractivity contribution in [1.29, 1.82) is 5.26 Å². The van der Waals surface area contributed by atoms with Gasteiger partial charge in [-0.15, -0.1) is 0 Å². The molecular formula is C32H28F4N4O2S. The average Bonchev–Trinajstić information content (AvgIpc) is 3.00. The highest BCUT2D eigenvalue weighted by atomic mass is 32.2. The largest absolute Gasteiger partial charge is 0.419 e. The summed E-state index contributed by atoms with van der Waals surface area (Å²) in [5.74, 6) is 0.166. The second-order valence-corrected chi connectivity index (χ2v) is 11.8. The zero-order valence-electron chi connectivity index (χ0n) is 23.3. The topological polar surface area (TPSA) is 78.5 Å². The summed E-state index contributed by atoms with van der Waals surface area (Å²) < 4.78 is 55.6. The van der Waals surface area contributed by atoms with Crippen LogP contribution in [0, 0.1) is 23.1 Å². The molecule has 0 spiro atoms. The molecule has 0 saturated carbocycles. The van der Waals surface area contributed by atoms with E-state index in [0.29, 0.717) is 35.1 Å². The lowest BCUT2D eigenvalue weighted by Gasteiger charge is -2.34. The quantitative estimate of drug-likeness (QED) is 0.219. The van der Waals surface area contributed by atoms with Crippen LogP contribution in [-0.2, 0) is 17.4 Å². The standard InChI is InChI=1S/C32H28F4N4O2S/c1-20(30-29(24-8-5-21(18-37)6-9-24)31(42)39-13-3-2-4-27(39)38-30)40(19-22-11-14-43-15-12-22)28(41)17-23-7-10-26(33)25(16-23)32(34,35)36/h2-10,13,16,20,22H,11-12,14-15,17,19H2,1H3/t20-/m1/s1. The Morgan fingerprint density at radius 1 is 1.14 bits per heavy atom. The summed E-state index contributed by atoms with van der Waals surface area (Å²) in [6.07, 6.45) is -1.95. The zero-order valence-corrected chi connectivity index (χ0v) is 24.1. The molecule has 2 aromatic carbocycles. The summed E-state index contributed by atoms with van der Waals surface area (Å²) in [5, 5.41) is 9.27. The van der Waals surface area contributed by atoms with Gasteiger partial charge in [-0.1, -0.05) is 24.3 Å². The molecule has 222 valence electrons. The van der Waals surface area contributed by atoms with Gasteiger partial charge in [-0.3, -0.25) is 14.0 Å². The number of pyridine rings is 1. The van der Waals surface area contributed by atoms with Gasteiger partial charge in [0.15, 0.2) is 0 Å². The Labute approximate surface area is 250 Å². The van der Waals surface area contributed by atoms with E-state index in [1.807, 2.05) is 11.8 Å². The van der Waals surface area contributed by atoms with Crippen LogP contribution in [0.3, 0.4) is 0 Å². The predicted molar refractivity (Wildman–Crippen MR) is 157 cm³/mol. The van der Waals surface area contributed by atoms with Gasteiger partial charge in [0.05, 0.1) is 40.9 Å². The van der Waals surface area contributed by atoms with Crippen molar-refractivity contribution < 1.29 is 22.4 Å². The molecule has 1 atom stereocenters. The second kappa shape index (κ2) is 12.6. The maximum atomic E-state index is 14.0. The lowest BCUT2D eigenvalue weighted by Crippen LogP contribution is -2.40. The number of carbonyl (C=O) groups excluding carboxylic acids is 1. The molecule has 0 unspecified atom stereocenters. The Morgan fingerprint density at radius 3 is 2.53 bits per heavy atom. The van der Waals surface area contributed by atoms with Gasteiger partial charge >= 0.3 is 6.18 Å². The molecule has 11 heteroatoms. The zero-order chi connectivity index (χ0) is 30.7. The smallest absolute Gasteiger partial charge is 0.334 e. The SMILES string of the molecule is C[C@H](c1nc2ccccn2c(=O)c1-c1ccc(C#N)cc1)N(CC1CCSCC1)C(=O)Cc1ccc(F)c(C(F)(F)F)c1. The summed E-state index contributed by atoms with van der Waals surface area (Å²) in [5.41, 5.74) is 0.174. The number of alkyl halides is 3. The number of hydrogen-bond donors (Lipinski definition) is 0. The van der Waals surface area contributed by atoms with E-state index in [4.69, 9.17) is 4.98 Å². The summed E-state index contributed by atoms with van der Waals surface area (Å²) >= 11 is 1.83. The Hall–Kier alpha value is -4.17. The molecule has 6 nitrogen and oxygen atoms in total. The number of amides is 1. The molecule has 1 aliphatic rings. The van der Waals surface area contributed by atoms with Gasteiger partial charge in [0.2, 0.25) is 5.91 Å². The van der Waals surface area contributed by atoms with Gasteiger partial charge in [-0.2, -0.15) is 30.2 Å². The Kier molecular flexibility index (Phi) is 8.87. The van der Waals surface area contributed by atoms with Crippen LogP contribution in [0.25, 0.3) is 16.8 Å². The van der Waals surface area contributed by atoms with E-state index in [1.54, 1.807) is 60.5 Å². The maximum Gasteiger partial charge on any atom is 0.419 e. The normalized spacial score (nSPS) is 14.8. The third kappa shape index (κ3) is 6.59. The predicted octanol–water partition coefficient (Wildman–Crippen LogP) is 6.67. The van der Waals surface area contributed by atoms with Crippen molar-refractivity contribution in [2.45, 2.75) is 38.4 Å². The van der Waals surface area contributed by atoms with Crippen LogP contribution in [0.4, 0.5) is 17.6 Å². The van der Waals surface area contributed by atoms with Gasteiger partial charge in [-0.25, -0.2) is 9.37 Å². The Bertz CT molecular complexity index is 1740. The minimum absolute atomic E-state index is 0.0361. The minimum Gasteiger partial charge on any atom is -0.334 e. The highest BCUT2D eigenvalue weighted by Crippen LogP contribution is 2.34. The van der Waals surface area contributed by atoms with E-state index in [1.165, 1.54) is 10.5 Å². The van der Waals surface area contributed by atoms with E-state index in [0.717, 1.165) is 30.4 Å². The number of fused-ring (bicyclic) bond motifs is 1. The number of nitrogens with zero attached hydrogens (tertiary/aromatic N) is 4. The number of rotatable bonds is 7. The monoisotopic (exact) mass is 608 g/mol. The number of benzene rings is 2. The van der Waals surface area contributed by atoms with Crippen LogP contribution in [-0.4, -0.2) is 38.2 Å². The van der Waals surface area contributed by atoms with Gasteiger partial charge in [0, 0.05) is 12.7 Å². The first-order valence-corrected chi connectivity index (χ1v) is 15.0.